The van der Waals surface area contributed by atoms with Crippen molar-refractivity contribution in [2.45, 2.75) is 19.5 Å². The highest BCUT2D eigenvalue weighted by atomic mass is 16.1. The largest absolute Gasteiger partial charge is 0.378 e. The fourth-order valence-electron chi connectivity index (χ4n) is 1.63. The molecule has 1 aromatic carbocycles. The standard InChI is InChI=1S/C13H21N3O/c1-10(13(14)17)16(4)9-11-5-7-12(8-6-11)15(2)3/h5-8,10H,9H2,1-4H3,(H2,14,17)/p+1/t10-/m0/s1. The normalized spacial score (nSPS) is 14.1. The van der Waals surface area contributed by atoms with Gasteiger partial charge in [0, 0.05) is 25.3 Å². The first-order chi connectivity index (χ1) is 7.91. The van der Waals surface area contributed by atoms with E-state index < -0.39 is 0 Å². The van der Waals surface area contributed by atoms with Crippen LogP contribution in [0, 0.1) is 0 Å². The molecule has 0 aliphatic rings. The number of amides is 1. The Morgan fingerprint density at radius 1 is 1.35 bits per heavy atom. The number of carbonyl (C=O) groups is 1. The second-order valence-electron chi connectivity index (χ2n) is 4.71. The third-order valence-corrected chi connectivity index (χ3v) is 3.10. The first-order valence-corrected chi connectivity index (χ1v) is 5.79. The number of benzene rings is 1. The van der Waals surface area contributed by atoms with Crippen LogP contribution in [0.2, 0.25) is 0 Å². The molecule has 0 saturated heterocycles. The number of nitrogens with one attached hydrogen (secondary N) is 1. The minimum absolute atomic E-state index is 0.163. The second-order valence-corrected chi connectivity index (χ2v) is 4.71. The Morgan fingerprint density at radius 3 is 2.29 bits per heavy atom. The number of likely N-dealkylation sites (N-methyl/N-ethyl adjacent to an activating group) is 1. The Kier molecular flexibility index (Phi) is 4.52. The molecule has 4 nitrogen and oxygen atoms in total. The maximum atomic E-state index is 11.1. The lowest BCUT2D eigenvalue weighted by atomic mass is 10.1. The zero-order chi connectivity index (χ0) is 13.0. The minimum Gasteiger partial charge on any atom is -0.378 e. The third-order valence-electron chi connectivity index (χ3n) is 3.10. The van der Waals surface area contributed by atoms with Crippen molar-refractivity contribution >= 4 is 11.6 Å². The molecule has 0 spiro atoms. The molecule has 0 aliphatic heterocycles. The van der Waals surface area contributed by atoms with Gasteiger partial charge in [0.25, 0.3) is 5.91 Å². The molecule has 4 heteroatoms. The van der Waals surface area contributed by atoms with Crippen LogP contribution >= 0.6 is 0 Å². The molecule has 0 aromatic heterocycles. The first kappa shape index (κ1) is 13.5. The summed E-state index contributed by atoms with van der Waals surface area (Å²) in [5, 5.41) is 0. The van der Waals surface area contributed by atoms with Crippen LogP contribution < -0.4 is 15.5 Å². The Balaban J connectivity index is 2.66. The molecular weight excluding hydrogens is 214 g/mol. The maximum absolute atomic E-state index is 11.1. The summed E-state index contributed by atoms with van der Waals surface area (Å²) in [6.45, 7) is 2.66. The van der Waals surface area contributed by atoms with E-state index in [0.717, 1.165) is 11.4 Å². The predicted octanol–water partition coefficient (Wildman–Crippen LogP) is -0.359. The van der Waals surface area contributed by atoms with Crippen molar-refractivity contribution in [2.75, 3.05) is 26.0 Å². The van der Waals surface area contributed by atoms with Crippen molar-refractivity contribution < 1.29 is 9.69 Å². The van der Waals surface area contributed by atoms with Gasteiger partial charge in [0.1, 0.15) is 6.54 Å². The summed E-state index contributed by atoms with van der Waals surface area (Å²) in [4.78, 5) is 14.2. The number of nitrogens with zero attached hydrogens (tertiary/aromatic N) is 1. The molecule has 0 bridgehead atoms. The van der Waals surface area contributed by atoms with Crippen molar-refractivity contribution in [3.05, 3.63) is 29.8 Å². The SMILES string of the molecule is C[C@@H](C(N)=O)[NH+](C)Cc1ccc(N(C)C)cc1. The fraction of sp³-hybridized carbons (Fsp3) is 0.462. The quantitative estimate of drug-likeness (QED) is 0.733. The molecule has 0 aliphatic carbocycles. The lowest BCUT2D eigenvalue weighted by Crippen LogP contribution is -3.12. The summed E-state index contributed by atoms with van der Waals surface area (Å²) in [5.74, 6) is -0.257. The van der Waals surface area contributed by atoms with Gasteiger partial charge in [0.05, 0.1) is 7.05 Å². The molecule has 2 atom stereocenters. The average molecular weight is 236 g/mol. The first-order valence-electron chi connectivity index (χ1n) is 5.79. The van der Waals surface area contributed by atoms with Gasteiger partial charge in [0.2, 0.25) is 0 Å². The maximum Gasteiger partial charge on any atom is 0.275 e. The summed E-state index contributed by atoms with van der Waals surface area (Å²) in [6.07, 6.45) is 0. The summed E-state index contributed by atoms with van der Waals surface area (Å²) >= 11 is 0. The van der Waals surface area contributed by atoms with Crippen LogP contribution in [0.25, 0.3) is 0 Å². The molecule has 0 fully saturated rings. The van der Waals surface area contributed by atoms with Crippen LogP contribution in [-0.4, -0.2) is 33.1 Å². The number of quaternary nitrogens is 1. The lowest BCUT2D eigenvalue weighted by molar-refractivity contribution is -0.908. The highest BCUT2D eigenvalue weighted by Gasteiger charge is 2.18. The van der Waals surface area contributed by atoms with Crippen molar-refractivity contribution in [3.63, 3.8) is 0 Å². The number of nitrogens with two attached hydrogens (primary N) is 1. The highest BCUT2D eigenvalue weighted by Crippen LogP contribution is 2.11. The molecule has 1 aromatic rings. The van der Waals surface area contributed by atoms with Gasteiger partial charge < -0.3 is 15.5 Å². The van der Waals surface area contributed by atoms with Gasteiger partial charge in [0.15, 0.2) is 6.04 Å². The Hall–Kier alpha value is -1.55. The third kappa shape index (κ3) is 3.75. The van der Waals surface area contributed by atoms with Crippen molar-refractivity contribution in [1.29, 1.82) is 0 Å². The minimum atomic E-state index is -0.257. The molecule has 1 amide bonds. The number of rotatable bonds is 5. The Labute approximate surface area is 103 Å². The number of primary amides is 1. The zero-order valence-electron chi connectivity index (χ0n) is 11.0. The molecule has 3 N–H and O–H groups in total. The van der Waals surface area contributed by atoms with Gasteiger partial charge in [-0.25, -0.2) is 0 Å². The number of hydrogen-bond acceptors (Lipinski definition) is 2. The van der Waals surface area contributed by atoms with Gasteiger partial charge in [-0.3, -0.25) is 4.79 Å². The van der Waals surface area contributed by atoms with E-state index in [1.54, 1.807) is 0 Å². The summed E-state index contributed by atoms with van der Waals surface area (Å²) < 4.78 is 0. The topological polar surface area (TPSA) is 50.8 Å². The van der Waals surface area contributed by atoms with Gasteiger partial charge in [-0.05, 0) is 19.1 Å². The van der Waals surface area contributed by atoms with Crippen LogP contribution in [0.15, 0.2) is 24.3 Å². The van der Waals surface area contributed by atoms with Gasteiger partial charge in [-0.2, -0.15) is 0 Å². The van der Waals surface area contributed by atoms with Gasteiger partial charge in [-0.1, -0.05) is 12.1 Å². The molecule has 0 heterocycles. The second kappa shape index (κ2) is 5.68. The molecule has 1 rings (SSSR count). The van der Waals surface area contributed by atoms with E-state index in [4.69, 9.17) is 5.73 Å². The van der Waals surface area contributed by atoms with E-state index in [2.05, 4.69) is 29.2 Å². The monoisotopic (exact) mass is 236 g/mol. The van der Waals surface area contributed by atoms with E-state index in [1.165, 1.54) is 11.3 Å². The van der Waals surface area contributed by atoms with Crippen LogP contribution in [-0.2, 0) is 11.3 Å². The Morgan fingerprint density at radius 2 is 1.88 bits per heavy atom. The highest BCUT2D eigenvalue weighted by molar-refractivity contribution is 5.77. The average Bonchev–Trinajstić information content (AvgIpc) is 2.28. The van der Waals surface area contributed by atoms with Gasteiger partial charge >= 0.3 is 0 Å². The molecule has 0 radical (unpaired) electrons. The summed E-state index contributed by atoms with van der Waals surface area (Å²) in [5.41, 5.74) is 7.67. The van der Waals surface area contributed by atoms with E-state index in [0.29, 0.717) is 0 Å². The lowest BCUT2D eigenvalue weighted by Gasteiger charge is -2.19. The zero-order valence-corrected chi connectivity index (χ0v) is 11.0. The van der Waals surface area contributed by atoms with Crippen LogP contribution in [0.1, 0.15) is 12.5 Å². The predicted molar refractivity (Wildman–Crippen MR) is 70.0 cm³/mol. The summed E-state index contributed by atoms with van der Waals surface area (Å²) in [7, 11) is 6.01. The van der Waals surface area contributed by atoms with E-state index >= 15 is 0 Å². The fourth-order valence-corrected chi connectivity index (χ4v) is 1.63. The smallest absolute Gasteiger partial charge is 0.275 e. The van der Waals surface area contributed by atoms with Crippen molar-refractivity contribution in [1.82, 2.24) is 0 Å². The van der Waals surface area contributed by atoms with E-state index in [9.17, 15) is 4.79 Å². The summed E-state index contributed by atoms with van der Waals surface area (Å²) in [6, 6.07) is 8.18. The van der Waals surface area contributed by atoms with Gasteiger partial charge in [-0.15, -0.1) is 0 Å². The Bertz CT molecular complexity index is 373. The van der Waals surface area contributed by atoms with E-state index in [-0.39, 0.29) is 11.9 Å². The number of hydrogen-bond donors (Lipinski definition) is 2. The van der Waals surface area contributed by atoms with E-state index in [1.807, 2.05) is 28.1 Å². The van der Waals surface area contributed by atoms with Crippen molar-refractivity contribution in [3.8, 4) is 0 Å². The van der Waals surface area contributed by atoms with Crippen LogP contribution in [0.4, 0.5) is 5.69 Å². The molecule has 17 heavy (non-hydrogen) atoms. The molecule has 1 unspecified atom stereocenters. The van der Waals surface area contributed by atoms with Crippen LogP contribution in [0.5, 0.6) is 0 Å². The van der Waals surface area contributed by atoms with Crippen LogP contribution in [0.3, 0.4) is 0 Å². The number of anilines is 1. The van der Waals surface area contributed by atoms with Crippen molar-refractivity contribution in [2.24, 2.45) is 5.73 Å². The molecule has 94 valence electrons. The molecule has 0 saturated carbocycles. The molecular formula is C13H22N3O+. The number of carbonyl (C=O) groups excluding carboxylic acids is 1.